The van der Waals surface area contributed by atoms with Gasteiger partial charge in [0.25, 0.3) is 0 Å². The topological polar surface area (TPSA) is 101 Å². The van der Waals surface area contributed by atoms with Crippen molar-refractivity contribution in [2.24, 2.45) is 0 Å². The van der Waals surface area contributed by atoms with Crippen LogP contribution in [0.4, 0.5) is 9.93 Å². The van der Waals surface area contributed by atoms with Crippen molar-refractivity contribution in [3.05, 3.63) is 18.2 Å². The van der Waals surface area contributed by atoms with Gasteiger partial charge in [-0.3, -0.25) is 10.1 Å². The molecular weight excluding hydrogens is 294 g/mol. The van der Waals surface area contributed by atoms with Crippen LogP contribution < -0.4 is 15.4 Å². The zero-order valence-electron chi connectivity index (χ0n) is 11.5. The first kappa shape index (κ1) is 15.0. The maximum Gasteiger partial charge on any atom is 0.325 e. The van der Waals surface area contributed by atoms with E-state index in [2.05, 4.69) is 15.6 Å². The van der Waals surface area contributed by atoms with Crippen LogP contribution in [0.15, 0.2) is 18.2 Å². The van der Waals surface area contributed by atoms with Gasteiger partial charge in [0.05, 0.1) is 16.8 Å². The monoisotopic (exact) mass is 309 g/mol. The zero-order chi connectivity index (χ0) is 15.4. The van der Waals surface area contributed by atoms with Crippen LogP contribution in [0.3, 0.4) is 0 Å². The maximum absolute atomic E-state index is 11.6. The van der Waals surface area contributed by atoms with Crippen LogP contribution in [0.1, 0.15) is 13.8 Å². The highest BCUT2D eigenvalue weighted by atomic mass is 32.1. The molecule has 0 unspecified atom stereocenters. The normalized spacial score (nSPS) is 11.9. The molecule has 0 saturated heterocycles. The number of carbonyl (C=O) groups excluding carboxylic acids is 1. The summed E-state index contributed by atoms with van der Waals surface area (Å²) >= 11 is 1.29. The predicted molar refractivity (Wildman–Crippen MR) is 80.0 cm³/mol. The van der Waals surface area contributed by atoms with Gasteiger partial charge in [-0.05, 0) is 32.0 Å². The number of hydrogen-bond donors (Lipinski definition) is 3. The van der Waals surface area contributed by atoms with E-state index in [9.17, 15) is 9.59 Å². The number of nitrogens with one attached hydrogen (secondary N) is 2. The fourth-order valence-electron chi connectivity index (χ4n) is 1.61. The number of benzene rings is 1. The first-order valence-electron chi connectivity index (χ1n) is 6.33. The molecule has 0 saturated carbocycles. The molecule has 2 amide bonds. The Morgan fingerprint density at radius 2 is 2.24 bits per heavy atom. The number of aliphatic carboxylic acids is 1. The minimum atomic E-state index is -1.10. The second kappa shape index (κ2) is 6.40. The number of fused-ring (bicyclic) bond motifs is 1. The quantitative estimate of drug-likeness (QED) is 0.786. The number of carboxylic acid groups (broad SMARTS) is 1. The fourth-order valence-corrected chi connectivity index (χ4v) is 2.50. The third-order valence-electron chi connectivity index (χ3n) is 2.61. The van der Waals surface area contributed by atoms with E-state index in [0.29, 0.717) is 11.7 Å². The molecule has 1 aromatic heterocycles. The van der Waals surface area contributed by atoms with E-state index >= 15 is 0 Å². The second-order valence-electron chi connectivity index (χ2n) is 4.24. The molecule has 0 radical (unpaired) electrons. The highest BCUT2D eigenvalue weighted by Crippen LogP contribution is 2.29. The van der Waals surface area contributed by atoms with E-state index in [1.807, 2.05) is 19.1 Å². The Balaban J connectivity index is 2.08. The minimum Gasteiger partial charge on any atom is -0.494 e. The molecule has 21 heavy (non-hydrogen) atoms. The number of amides is 2. The average Bonchev–Trinajstić information content (AvgIpc) is 2.80. The summed E-state index contributed by atoms with van der Waals surface area (Å²) in [4.78, 5) is 26.5. The van der Waals surface area contributed by atoms with Gasteiger partial charge in [-0.15, -0.1) is 0 Å². The predicted octanol–water partition coefficient (Wildman–Crippen LogP) is 2.29. The minimum absolute atomic E-state index is 0.397. The Hall–Kier alpha value is -2.35. The Bertz CT molecular complexity index is 670. The van der Waals surface area contributed by atoms with Gasteiger partial charge in [-0.25, -0.2) is 9.78 Å². The van der Waals surface area contributed by atoms with Crippen molar-refractivity contribution >= 4 is 38.7 Å². The molecule has 0 fully saturated rings. The molecule has 1 heterocycles. The van der Waals surface area contributed by atoms with Crippen LogP contribution in [-0.4, -0.2) is 34.7 Å². The molecule has 0 spiro atoms. The molecule has 0 bridgehead atoms. The number of hydrogen-bond acceptors (Lipinski definition) is 5. The Labute approximate surface area is 124 Å². The summed E-state index contributed by atoms with van der Waals surface area (Å²) in [6.07, 6.45) is 0. The van der Waals surface area contributed by atoms with Gasteiger partial charge in [0.15, 0.2) is 5.13 Å². The van der Waals surface area contributed by atoms with E-state index in [-0.39, 0.29) is 0 Å². The lowest BCUT2D eigenvalue weighted by atomic mass is 10.3. The molecule has 3 N–H and O–H groups in total. The lowest BCUT2D eigenvalue weighted by molar-refractivity contribution is -0.138. The van der Waals surface area contributed by atoms with Crippen LogP contribution in [0.5, 0.6) is 5.75 Å². The van der Waals surface area contributed by atoms with Gasteiger partial charge in [-0.2, -0.15) is 0 Å². The second-order valence-corrected chi connectivity index (χ2v) is 5.27. The first-order chi connectivity index (χ1) is 9.99. The van der Waals surface area contributed by atoms with Crippen molar-refractivity contribution < 1.29 is 19.4 Å². The van der Waals surface area contributed by atoms with E-state index in [1.165, 1.54) is 18.3 Å². The molecule has 0 aliphatic heterocycles. The number of carboxylic acids is 1. The van der Waals surface area contributed by atoms with Crippen LogP contribution in [0.25, 0.3) is 10.2 Å². The van der Waals surface area contributed by atoms with Gasteiger partial charge < -0.3 is 15.2 Å². The Morgan fingerprint density at radius 1 is 1.48 bits per heavy atom. The number of rotatable bonds is 5. The van der Waals surface area contributed by atoms with Crippen LogP contribution in [0, 0.1) is 0 Å². The van der Waals surface area contributed by atoms with E-state index in [1.54, 1.807) is 6.07 Å². The van der Waals surface area contributed by atoms with Crippen molar-refractivity contribution in [2.75, 3.05) is 11.9 Å². The number of nitrogens with zero attached hydrogens (tertiary/aromatic N) is 1. The highest BCUT2D eigenvalue weighted by molar-refractivity contribution is 7.22. The number of aromatic nitrogens is 1. The van der Waals surface area contributed by atoms with Crippen LogP contribution in [-0.2, 0) is 4.79 Å². The van der Waals surface area contributed by atoms with Gasteiger partial charge in [0, 0.05) is 0 Å². The lowest BCUT2D eigenvalue weighted by Gasteiger charge is -2.08. The average molecular weight is 309 g/mol. The molecule has 1 aromatic carbocycles. The number of urea groups is 1. The molecule has 1 atom stereocenters. The molecule has 0 aliphatic carbocycles. The molecule has 2 aromatic rings. The summed E-state index contributed by atoms with van der Waals surface area (Å²) in [5.74, 6) is -0.361. The summed E-state index contributed by atoms with van der Waals surface area (Å²) in [5, 5.41) is 13.9. The van der Waals surface area contributed by atoms with Gasteiger partial charge in [0.1, 0.15) is 11.8 Å². The van der Waals surface area contributed by atoms with Gasteiger partial charge >= 0.3 is 12.0 Å². The number of carbonyl (C=O) groups is 2. The zero-order valence-corrected chi connectivity index (χ0v) is 12.4. The SMILES string of the molecule is CCOc1ccc2nc(NC(=O)N[C@@H](C)C(=O)O)sc2c1. The Morgan fingerprint density at radius 3 is 2.90 bits per heavy atom. The molecule has 8 heteroatoms. The summed E-state index contributed by atoms with van der Waals surface area (Å²) in [6.45, 7) is 3.86. The maximum atomic E-state index is 11.6. The van der Waals surface area contributed by atoms with Gasteiger partial charge in [-0.1, -0.05) is 11.3 Å². The summed E-state index contributed by atoms with van der Waals surface area (Å²) in [5.41, 5.74) is 0.741. The Kier molecular flexibility index (Phi) is 4.59. The van der Waals surface area contributed by atoms with Crippen LogP contribution in [0.2, 0.25) is 0 Å². The fraction of sp³-hybridized carbons (Fsp3) is 0.308. The van der Waals surface area contributed by atoms with E-state index in [4.69, 9.17) is 9.84 Å². The van der Waals surface area contributed by atoms with E-state index < -0.39 is 18.0 Å². The molecule has 7 nitrogen and oxygen atoms in total. The molecular formula is C13H15N3O4S. The first-order valence-corrected chi connectivity index (χ1v) is 7.15. The van der Waals surface area contributed by atoms with Crippen molar-refractivity contribution in [1.82, 2.24) is 10.3 Å². The van der Waals surface area contributed by atoms with E-state index in [0.717, 1.165) is 16.0 Å². The molecule has 2 rings (SSSR count). The molecule has 0 aliphatic rings. The highest BCUT2D eigenvalue weighted by Gasteiger charge is 2.15. The number of thiazole rings is 1. The van der Waals surface area contributed by atoms with Gasteiger partial charge in [0.2, 0.25) is 0 Å². The smallest absolute Gasteiger partial charge is 0.325 e. The summed E-state index contributed by atoms with van der Waals surface area (Å²) in [6, 6.07) is 3.89. The summed E-state index contributed by atoms with van der Waals surface area (Å²) < 4.78 is 6.27. The lowest BCUT2D eigenvalue weighted by Crippen LogP contribution is -2.40. The summed E-state index contributed by atoms with van der Waals surface area (Å²) in [7, 11) is 0. The number of ether oxygens (including phenoxy) is 1. The third kappa shape index (κ3) is 3.82. The largest absolute Gasteiger partial charge is 0.494 e. The van der Waals surface area contributed by atoms with Crippen molar-refractivity contribution in [2.45, 2.75) is 19.9 Å². The standard InChI is InChI=1S/C13H15N3O4S/c1-3-20-8-4-5-9-10(6-8)21-13(15-9)16-12(19)14-7(2)11(17)18/h4-7H,3H2,1-2H3,(H,17,18)(H2,14,15,16,19)/t7-/m0/s1. The van der Waals surface area contributed by atoms with Crippen LogP contribution >= 0.6 is 11.3 Å². The third-order valence-corrected chi connectivity index (χ3v) is 3.54. The number of anilines is 1. The van der Waals surface area contributed by atoms with Crippen molar-refractivity contribution in [3.63, 3.8) is 0 Å². The van der Waals surface area contributed by atoms with Crippen molar-refractivity contribution in [1.29, 1.82) is 0 Å². The molecule has 112 valence electrons. The van der Waals surface area contributed by atoms with Crippen molar-refractivity contribution in [3.8, 4) is 5.75 Å².